The van der Waals surface area contributed by atoms with E-state index in [1.54, 1.807) is 0 Å². The molecule has 0 N–H and O–H groups in total. The van der Waals surface area contributed by atoms with Gasteiger partial charge in [0.25, 0.3) is 0 Å². The van der Waals surface area contributed by atoms with Crippen molar-refractivity contribution in [2.24, 2.45) is 0 Å². The van der Waals surface area contributed by atoms with Crippen molar-refractivity contribution in [2.45, 2.75) is 6.42 Å². The Labute approximate surface area is 53.1 Å². The largest absolute Gasteiger partial charge is 0.469 e. The van der Waals surface area contributed by atoms with Crippen molar-refractivity contribution < 1.29 is 14.4 Å². The molecule has 4 nitrogen and oxygen atoms in total. The van der Waals surface area contributed by atoms with Crippen LogP contribution in [-0.2, 0) is 14.4 Å². The van der Waals surface area contributed by atoms with Crippen molar-refractivity contribution in [3.8, 4) is 0 Å². The number of rotatable bonds is 3. The fraction of sp³-hybridized carbons (Fsp3) is 0.600. The number of methoxy groups -OCH3 is 1. The summed E-state index contributed by atoms with van der Waals surface area (Å²) in [6.07, 6.45) is 0.138. The lowest BCUT2D eigenvalue weighted by Crippen LogP contribution is -2.02. The second kappa shape index (κ2) is 4.91. The molecule has 0 spiro atoms. The summed E-state index contributed by atoms with van der Waals surface area (Å²) in [5.41, 5.74) is 0. The molecule has 0 aliphatic heterocycles. The molecule has 0 atom stereocenters. The van der Waals surface area contributed by atoms with E-state index in [0.717, 1.165) is 0 Å². The lowest BCUT2D eigenvalue weighted by atomic mass is 10.5. The second-order valence-corrected chi connectivity index (χ2v) is 1.25. The minimum absolute atomic E-state index is 0.107. The predicted octanol–water partition coefficient (Wildman–Crippen LogP) is 0.400. The Morgan fingerprint density at radius 2 is 2.44 bits per heavy atom. The normalized spacial score (nSPS) is 7.56. The fourth-order valence-electron chi connectivity index (χ4n) is 0.277. The molecule has 50 valence electrons. The predicted molar refractivity (Wildman–Crippen MR) is 29.2 cm³/mol. The number of ether oxygens (including phenoxy) is 1. The first-order chi connectivity index (χ1) is 4.31. The Kier molecular flexibility index (Phi) is 4.23. The third kappa shape index (κ3) is 4.62. The van der Waals surface area contributed by atoms with Gasteiger partial charge in [-0.2, -0.15) is 11.4 Å². The van der Waals surface area contributed by atoms with E-state index >= 15 is 0 Å². The number of hydrogen-bond donors (Lipinski definition) is 0. The van der Waals surface area contributed by atoms with Crippen LogP contribution in [0, 0.1) is 6.57 Å². The number of nitrogens with zero attached hydrogens (tertiary/aromatic N) is 1. The van der Waals surface area contributed by atoms with Crippen LogP contribution >= 0.6 is 0 Å². The molecule has 0 saturated carbocycles. The molecule has 0 amide bonds. The Hall–Kier alpha value is -1.24. The van der Waals surface area contributed by atoms with E-state index in [4.69, 9.17) is 6.57 Å². The molecular formula is C5H7NO3. The van der Waals surface area contributed by atoms with Gasteiger partial charge in [-0.05, 0) is 5.01 Å². The summed E-state index contributed by atoms with van der Waals surface area (Å²) in [4.78, 5) is 14.5. The number of carbonyl (C=O) groups excluding carboxylic acids is 1. The van der Waals surface area contributed by atoms with Gasteiger partial charge >= 0.3 is 5.97 Å². The van der Waals surface area contributed by atoms with Crippen LogP contribution in [0.4, 0.5) is 0 Å². The Balaban J connectivity index is 3.09. The van der Waals surface area contributed by atoms with Crippen LogP contribution in [-0.4, -0.2) is 19.7 Å². The first-order valence-electron chi connectivity index (χ1n) is 2.36. The van der Waals surface area contributed by atoms with Crippen molar-refractivity contribution in [2.75, 3.05) is 13.7 Å². The van der Waals surface area contributed by atoms with Crippen molar-refractivity contribution in [3.05, 3.63) is 11.6 Å². The van der Waals surface area contributed by atoms with Gasteiger partial charge in [0, 0.05) is 0 Å². The number of carbonyl (C=O) groups is 1. The minimum atomic E-state index is -0.362. The molecule has 0 aliphatic carbocycles. The molecule has 0 rings (SSSR count). The molecule has 0 unspecified atom stereocenters. The summed E-state index contributed by atoms with van der Waals surface area (Å²) < 4.78 is 4.27. The fourth-order valence-corrected chi connectivity index (χ4v) is 0.277. The summed E-state index contributed by atoms with van der Waals surface area (Å²) in [6.45, 7) is 6.26. The molecule has 0 aromatic rings. The lowest BCUT2D eigenvalue weighted by molar-refractivity contribution is -0.141. The van der Waals surface area contributed by atoms with Gasteiger partial charge in [-0.1, -0.05) is 0 Å². The van der Waals surface area contributed by atoms with Gasteiger partial charge in [0.1, 0.15) is 0 Å². The van der Waals surface area contributed by atoms with Gasteiger partial charge in [-0.3, -0.25) is 4.79 Å². The highest BCUT2D eigenvalue weighted by Crippen LogP contribution is 1.85. The molecule has 0 heterocycles. The highest BCUT2D eigenvalue weighted by molar-refractivity contribution is 5.69. The van der Waals surface area contributed by atoms with Crippen LogP contribution in [0.3, 0.4) is 0 Å². The Morgan fingerprint density at radius 1 is 1.78 bits per heavy atom. The maximum atomic E-state index is 10.3. The van der Waals surface area contributed by atoms with Crippen LogP contribution in [0.5, 0.6) is 0 Å². The van der Waals surface area contributed by atoms with Gasteiger partial charge in [0.05, 0.1) is 13.5 Å². The van der Waals surface area contributed by atoms with E-state index in [1.807, 2.05) is 0 Å². The van der Waals surface area contributed by atoms with Gasteiger partial charge in [0.15, 0.2) is 6.61 Å². The summed E-state index contributed by atoms with van der Waals surface area (Å²) in [5, 5.41) is 2.58. The third-order valence-electron chi connectivity index (χ3n) is 0.690. The average Bonchev–Trinajstić information content (AvgIpc) is 1.89. The third-order valence-corrected chi connectivity index (χ3v) is 0.690. The highest BCUT2D eigenvalue weighted by Gasteiger charge is 1.99. The quantitative estimate of drug-likeness (QED) is 0.239. The Morgan fingerprint density at radius 3 is 2.89 bits per heavy atom. The monoisotopic (exact) mass is 129 g/mol. The average molecular weight is 129 g/mol. The maximum Gasteiger partial charge on any atom is 0.309 e. The lowest BCUT2D eigenvalue weighted by Gasteiger charge is -1.91. The van der Waals surface area contributed by atoms with Crippen LogP contribution in [0.25, 0.3) is 5.01 Å². The summed E-state index contributed by atoms with van der Waals surface area (Å²) in [5.74, 6) is -0.362. The molecule has 0 aromatic heterocycles. The van der Waals surface area contributed by atoms with E-state index in [9.17, 15) is 4.79 Å². The van der Waals surface area contributed by atoms with Crippen LogP contribution in [0.15, 0.2) is 0 Å². The first kappa shape index (κ1) is 7.76. The van der Waals surface area contributed by atoms with Crippen molar-refractivity contribution in [1.82, 2.24) is 0 Å². The zero-order chi connectivity index (χ0) is 7.11. The van der Waals surface area contributed by atoms with Gasteiger partial charge in [-0.25, -0.2) is 0 Å². The van der Waals surface area contributed by atoms with Crippen molar-refractivity contribution >= 4 is 5.97 Å². The van der Waals surface area contributed by atoms with Gasteiger partial charge in [0.2, 0.25) is 0 Å². The van der Waals surface area contributed by atoms with E-state index < -0.39 is 0 Å². The molecule has 0 fully saturated rings. The smallest absolute Gasteiger partial charge is 0.309 e. The summed E-state index contributed by atoms with van der Waals surface area (Å²) >= 11 is 0. The van der Waals surface area contributed by atoms with Crippen LogP contribution in [0.2, 0.25) is 0 Å². The van der Waals surface area contributed by atoms with Gasteiger partial charge < -0.3 is 4.74 Å². The molecule has 9 heavy (non-hydrogen) atoms. The second-order valence-electron chi connectivity index (χ2n) is 1.25. The standard InChI is InChI=1S/C5H7NO3/c1-6-9-4-3-5(7)8-2/h3-4H2,2H3. The van der Waals surface area contributed by atoms with E-state index in [1.165, 1.54) is 7.11 Å². The molecule has 0 radical (unpaired) electrons. The first-order valence-corrected chi connectivity index (χ1v) is 2.36. The van der Waals surface area contributed by atoms with E-state index in [0.29, 0.717) is 0 Å². The van der Waals surface area contributed by atoms with Crippen molar-refractivity contribution in [1.29, 1.82) is 0 Å². The van der Waals surface area contributed by atoms with E-state index in [-0.39, 0.29) is 19.0 Å². The SMILES string of the molecule is [C-]#[N+]OCCC(=O)OC. The van der Waals surface area contributed by atoms with Gasteiger partial charge in [-0.15, -0.1) is 0 Å². The highest BCUT2D eigenvalue weighted by atomic mass is 16.6. The molecular weight excluding hydrogens is 122 g/mol. The Bertz CT molecular complexity index is 127. The molecule has 0 saturated heterocycles. The summed E-state index contributed by atoms with van der Waals surface area (Å²) in [6, 6.07) is 0. The zero-order valence-electron chi connectivity index (χ0n) is 5.09. The van der Waals surface area contributed by atoms with E-state index in [2.05, 4.69) is 14.6 Å². The molecule has 4 heteroatoms. The molecule has 0 bridgehead atoms. The number of hydrogen-bond acceptors (Lipinski definition) is 3. The minimum Gasteiger partial charge on any atom is -0.469 e. The molecule has 0 aliphatic rings. The maximum absolute atomic E-state index is 10.3. The number of esters is 1. The van der Waals surface area contributed by atoms with Crippen LogP contribution < -0.4 is 0 Å². The van der Waals surface area contributed by atoms with Crippen LogP contribution in [0.1, 0.15) is 6.42 Å². The topological polar surface area (TPSA) is 39.9 Å². The summed E-state index contributed by atoms with van der Waals surface area (Å²) in [7, 11) is 1.29. The zero-order valence-corrected chi connectivity index (χ0v) is 5.09. The van der Waals surface area contributed by atoms with Crippen molar-refractivity contribution in [3.63, 3.8) is 0 Å². The molecule has 0 aromatic carbocycles.